The molecule has 1 saturated heterocycles. The van der Waals surface area contributed by atoms with Crippen LogP contribution in [-0.2, 0) is 14.8 Å². The second-order valence-corrected chi connectivity index (χ2v) is 9.48. The topological polar surface area (TPSA) is 69.7 Å². The van der Waals surface area contributed by atoms with Crippen molar-refractivity contribution < 1.29 is 13.2 Å². The standard InChI is InChI=1S/C22H29N3O3S/c1-18-9-11-21(12-10-18)29(27,28)25-14-6-13-24(15-16-25)17-22(26)23-19(2)20-7-4-3-5-8-20/h3-5,7-12,19H,6,13-17H2,1-2H3,(H,23,26)/t19-/m1/s1. The molecule has 0 unspecified atom stereocenters. The number of amides is 1. The van der Waals surface area contributed by atoms with E-state index in [0.29, 0.717) is 37.5 Å². The van der Waals surface area contributed by atoms with Gasteiger partial charge in [-0.2, -0.15) is 4.31 Å². The minimum absolute atomic E-state index is 0.0452. The van der Waals surface area contributed by atoms with E-state index in [1.807, 2.05) is 61.2 Å². The molecule has 0 aliphatic carbocycles. The first-order chi connectivity index (χ1) is 13.9. The van der Waals surface area contributed by atoms with Crippen LogP contribution in [0.2, 0.25) is 0 Å². The summed E-state index contributed by atoms with van der Waals surface area (Å²) in [6.07, 6.45) is 0.701. The summed E-state index contributed by atoms with van der Waals surface area (Å²) in [7, 11) is -3.50. The molecule has 1 heterocycles. The second kappa shape index (κ2) is 9.52. The Balaban J connectivity index is 1.55. The molecular formula is C22H29N3O3S. The molecular weight excluding hydrogens is 386 g/mol. The summed E-state index contributed by atoms with van der Waals surface area (Å²) < 4.78 is 27.4. The van der Waals surface area contributed by atoms with Crippen LogP contribution in [0.15, 0.2) is 59.5 Å². The maximum atomic E-state index is 12.9. The van der Waals surface area contributed by atoms with Crippen molar-refractivity contribution in [3.63, 3.8) is 0 Å². The Kier molecular flexibility index (Phi) is 7.05. The summed E-state index contributed by atoms with van der Waals surface area (Å²) in [5.41, 5.74) is 2.09. The van der Waals surface area contributed by atoms with Crippen LogP contribution in [0.5, 0.6) is 0 Å². The number of hydrogen-bond donors (Lipinski definition) is 1. The molecule has 0 radical (unpaired) electrons. The molecule has 0 bridgehead atoms. The van der Waals surface area contributed by atoms with Gasteiger partial charge in [-0.3, -0.25) is 9.69 Å². The van der Waals surface area contributed by atoms with E-state index < -0.39 is 10.0 Å². The predicted molar refractivity (Wildman–Crippen MR) is 114 cm³/mol. The normalized spacial score (nSPS) is 17.4. The number of carbonyl (C=O) groups excluding carboxylic acids is 1. The van der Waals surface area contributed by atoms with Crippen LogP contribution in [0.3, 0.4) is 0 Å². The van der Waals surface area contributed by atoms with Crippen molar-refractivity contribution >= 4 is 15.9 Å². The number of nitrogens with one attached hydrogen (secondary N) is 1. The zero-order valence-electron chi connectivity index (χ0n) is 17.0. The molecule has 1 amide bonds. The average molecular weight is 416 g/mol. The Hall–Kier alpha value is -2.22. The van der Waals surface area contributed by atoms with E-state index >= 15 is 0 Å². The fourth-order valence-electron chi connectivity index (χ4n) is 3.52. The van der Waals surface area contributed by atoms with Crippen LogP contribution >= 0.6 is 0 Å². The Morgan fingerprint density at radius 1 is 1.00 bits per heavy atom. The summed E-state index contributed by atoms with van der Waals surface area (Å²) in [5, 5.41) is 3.02. The molecule has 7 heteroatoms. The van der Waals surface area contributed by atoms with Gasteiger partial charge < -0.3 is 5.32 Å². The van der Waals surface area contributed by atoms with Gasteiger partial charge in [0.2, 0.25) is 15.9 Å². The van der Waals surface area contributed by atoms with Crippen molar-refractivity contribution in [1.29, 1.82) is 0 Å². The Morgan fingerprint density at radius 3 is 2.38 bits per heavy atom. The third-order valence-corrected chi connectivity index (χ3v) is 7.16. The second-order valence-electron chi connectivity index (χ2n) is 7.55. The molecule has 1 aliphatic rings. The van der Waals surface area contributed by atoms with Gasteiger partial charge in [-0.1, -0.05) is 48.0 Å². The molecule has 156 valence electrons. The van der Waals surface area contributed by atoms with Crippen molar-refractivity contribution in [2.24, 2.45) is 0 Å². The van der Waals surface area contributed by atoms with Gasteiger partial charge in [0.15, 0.2) is 0 Å². The highest BCUT2D eigenvalue weighted by Crippen LogP contribution is 2.18. The lowest BCUT2D eigenvalue weighted by molar-refractivity contribution is -0.122. The van der Waals surface area contributed by atoms with Crippen LogP contribution in [0, 0.1) is 6.92 Å². The van der Waals surface area contributed by atoms with Crippen LogP contribution in [0.1, 0.15) is 30.5 Å². The molecule has 1 N–H and O–H groups in total. The Morgan fingerprint density at radius 2 is 1.69 bits per heavy atom. The molecule has 1 fully saturated rings. The fourth-order valence-corrected chi connectivity index (χ4v) is 4.99. The zero-order chi connectivity index (χ0) is 20.9. The van der Waals surface area contributed by atoms with Gasteiger partial charge in [-0.05, 0) is 44.5 Å². The number of nitrogens with zero attached hydrogens (tertiary/aromatic N) is 2. The van der Waals surface area contributed by atoms with Gasteiger partial charge >= 0.3 is 0 Å². The third-order valence-electron chi connectivity index (χ3n) is 5.25. The highest BCUT2D eigenvalue weighted by Gasteiger charge is 2.27. The molecule has 3 rings (SSSR count). The number of rotatable bonds is 6. The lowest BCUT2D eigenvalue weighted by atomic mass is 10.1. The van der Waals surface area contributed by atoms with E-state index in [1.54, 1.807) is 12.1 Å². The maximum absolute atomic E-state index is 12.9. The van der Waals surface area contributed by atoms with Crippen molar-refractivity contribution in [2.45, 2.75) is 31.2 Å². The molecule has 1 atom stereocenters. The third kappa shape index (κ3) is 5.65. The minimum Gasteiger partial charge on any atom is -0.348 e. The number of hydrogen-bond acceptors (Lipinski definition) is 4. The summed E-state index contributed by atoms with van der Waals surface area (Å²) in [5.74, 6) is -0.0452. The van der Waals surface area contributed by atoms with Gasteiger partial charge in [0, 0.05) is 19.6 Å². The smallest absolute Gasteiger partial charge is 0.243 e. The van der Waals surface area contributed by atoms with Crippen molar-refractivity contribution in [1.82, 2.24) is 14.5 Å². The largest absolute Gasteiger partial charge is 0.348 e. The summed E-state index contributed by atoms with van der Waals surface area (Å²) in [6, 6.07) is 16.7. The average Bonchev–Trinajstić information content (AvgIpc) is 2.95. The van der Waals surface area contributed by atoms with Gasteiger partial charge in [-0.25, -0.2) is 8.42 Å². The number of benzene rings is 2. The molecule has 0 spiro atoms. The highest BCUT2D eigenvalue weighted by atomic mass is 32.2. The molecule has 29 heavy (non-hydrogen) atoms. The lowest BCUT2D eigenvalue weighted by Crippen LogP contribution is -2.40. The summed E-state index contributed by atoms with van der Waals surface area (Å²) >= 11 is 0. The van der Waals surface area contributed by atoms with Crippen LogP contribution in [0.4, 0.5) is 0 Å². The predicted octanol–water partition coefficient (Wildman–Crippen LogP) is 2.57. The van der Waals surface area contributed by atoms with Crippen LogP contribution < -0.4 is 5.32 Å². The van der Waals surface area contributed by atoms with Crippen molar-refractivity contribution in [3.05, 3.63) is 65.7 Å². The fraction of sp³-hybridized carbons (Fsp3) is 0.409. The number of carbonyl (C=O) groups is 1. The number of sulfonamides is 1. The van der Waals surface area contributed by atoms with Crippen molar-refractivity contribution in [2.75, 3.05) is 32.7 Å². The summed E-state index contributed by atoms with van der Waals surface area (Å²) in [4.78, 5) is 14.8. The Bertz CT molecular complexity index is 914. The Labute approximate surface area is 173 Å². The zero-order valence-corrected chi connectivity index (χ0v) is 17.9. The van der Waals surface area contributed by atoms with Gasteiger partial charge in [-0.15, -0.1) is 0 Å². The molecule has 2 aromatic rings. The summed E-state index contributed by atoms with van der Waals surface area (Å²) in [6.45, 7) is 6.27. The minimum atomic E-state index is -3.50. The van der Waals surface area contributed by atoms with E-state index in [0.717, 1.165) is 11.1 Å². The van der Waals surface area contributed by atoms with E-state index in [4.69, 9.17) is 0 Å². The van der Waals surface area contributed by atoms with E-state index in [2.05, 4.69) is 5.32 Å². The van der Waals surface area contributed by atoms with E-state index in [1.165, 1.54) is 4.31 Å². The van der Waals surface area contributed by atoms with E-state index in [-0.39, 0.29) is 18.5 Å². The number of aryl methyl sites for hydroxylation is 1. The monoisotopic (exact) mass is 415 g/mol. The van der Waals surface area contributed by atoms with Gasteiger partial charge in [0.1, 0.15) is 0 Å². The first-order valence-electron chi connectivity index (χ1n) is 10.00. The van der Waals surface area contributed by atoms with E-state index in [9.17, 15) is 13.2 Å². The first-order valence-corrected chi connectivity index (χ1v) is 11.4. The first kappa shape index (κ1) is 21.5. The van der Waals surface area contributed by atoms with Gasteiger partial charge in [0.05, 0.1) is 17.5 Å². The quantitative estimate of drug-likeness (QED) is 0.787. The lowest BCUT2D eigenvalue weighted by Gasteiger charge is -2.22. The molecule has 1 aliphatic heterocycles. The molecule has 0 saturated carbocycles. The van der Waals surface area contributed by atoms with Crippen molar-refractivity contribution in [3.8, 4) is 0 Å². The highest BCUT2D eigenvalue weighted by molar-refractivity contribution is 7.89. The molecule has 2 aromatic carbocycles. The molecule has 6 nitrogen and oxygen atoms in total. The van der Waals surface area contributed by atoms with Crippen LogP contribution in [-0.4, -0.2) is 56.3 Å². The SMILES string of the molecule is Cc1ccc(S(=O)(=O)N2CCCN(CC(=O)N[C@H](C)c3ccccc3)CC2)cc1. The maximum Gasteiger partial charge on any atom is 0.243 e. The van der Waals surface area contributed by atoms with Gasteiger partial charge in [0.25, 0.3) is 0 Å². The molecule has 0 aromatic heterocycles. The van der Waals surface area contributed by atoms with Crippen LogP contribution in [0.25, 0.3) is 0 Å².